The molecule has 0 N–H and O–H groups in total. The molecule has 1 saturated heterocycles. The van der Waals surface area contributed by atoms with E-state index >= 15 is 0 Å². The van der Waals surface area contributed by atoms with Crippen LogP contribution in [0.3, 0.4) is 0 Å². The van der Waals surface area contributed by atoms with Gasteiger partial charge in [-0.1, -0.05) is 6.92 Å². The van der Waals surface area contributed by atoms with E-state index in [2.05, 4.69) is 15.0 Å². The van der Waals surface area contributed by atoms with Gasteiger partial charge >= 0.3 is 0 Å². The highest BCUT2D eigenvalue weighted by molar-refractivity contribution is 7.89. The topological polar surface area (TPSA) is 103 Å². The Bertz CT molecular complexity index is 1170. The molecule has 4 rings (SSSR count). The van der Waals surface area contributed by atoms with Crippen LogP contribution in [-0.4, -0.2) is 78.6 Å². The Morgan fingerprint density at radius 3 is 2.38 bits per heavy atom. The highest BCUT2D eigenvalue weighted by atomic mass is 32.2. The van der Waals surface area contributed by atoms with E-state index in [0.29, 0.717) is 44.1 Å². The van der Waals surface area contributed by atoms with Gasteiger partial charge in [0.05, 0.1) is 30.1 Å². The maximum atomic E-state index is 12.4. The lowest BCUT2D eigenvalue weighted by molar-refractivity contribution is 0.178. The van der Waals surface area contributed by atoms with Crippen molar-refractivity contribution in [1.29, 1.82) is 0 Å². The first-order valence-electron chi connectivity index (χ1n) is 10.6. The average molecular weight is 461 g/mol. The number of hydrogen-bond donors (Lipinski definition) is 0. The highest BCUT2D eigenvalue weighted by Crippen LogP contribution is 2.28. The van der Waals surface area contributed by atoms with Crippen LogP contribution in [0.1, 0.15) is 19.2 Å². The second kappa shape index (κ2) is 9.39. The van der Waals surface area contributed by atoms with Crippen molar-refractivity contribution in [2.45, 2.75) is 20.0 Å². The Balaban J connectivity index is 1.68. The van der Waals surface area contributed by atoms with E-state index in [-0.39, 0.29) is 12.4 Å². The molecule has 0 amide bonds. The van der Waals surface area contributed by atoms with Crippen LogP contribution in [0.15, 0.2) is 30.5 Å². The fourth-order valence-electron chi connectivity index (χ4n) is 3.85. The van der Waals surface area contributed by atoms with Crippen LogP contribution < -0.4 is 9.64 Å². The second-order valence-electron chi connectivity index (χ2n) is 7.59. The number of nitrogens with zero attached hydrogens (tertiary/aromatic N) is 6. The number of aromatic nitrogens is 4. The summed E-state index contributed by atoms with van der Waals surface area (Å²) in [6, 6.07) is 7.58. The summed E-state index contributed by atoms with van der Waals surface area (Å²) in [5.41, 5.74) is 1.53. The quantitative estimate of drug-likeness (QED) is 0.502. The monoisotopic (exact) mass is 460 g/mol. The first-order chi connectivity index (χ1) is 15.5. The lowest BCUT2D eigenvalue weighted by Crippen LogP contribution is -2.49. The molecule has 0 atom stereocenters. The van der Waals surface area contributed by atoms with Crippen molar-refractivity contribution >= 4 is 26.9 Å². The first kappa shape index (κ1) is 22.4. The van der Waals surface area contributed by atoms with Gasteiger partial charge in [-0.15, -0.1) is 0 Å². The standard InChI is InChI=1S/C21H28N6O4S/c1-4-13-32(28,29)26-11-9-25(10-12-26)20-18-14-22-27(16-5-7-17(31-3)8-6-16)21(18)24-19(23-20)15-30-2/h5-8,14H,4,9-13,15H2,1-3H3. The van der Waals surface area contributed by atoms with Gasteiger partial charge in [0.25, 0.3) is 0 Å². The average Bonchev–Trinajstić information content (AvgIpc) is 3.23. The Hall–Kier alpha value is -2.76. The number of methoxy groups -OCH3 is 2. The van der Waals surface area contributed by atoms with Crippen molar-refractivity contribution in [2.24, 2.45) is 0 Å². The molecule has 3 aromatic rings. The fraction of sp³-hybridized carbons (Fsp3) is 0.476. The lowest BCUT2D eigenvalue weighted by Gasteiger charge is -2.35. The summed E-state index contributed by atoms with van der Waals surface area (Å²) in [6.07, 6.45) is 2.37. The highest BCUT2D eigenvalue weighted by Gasteiger charge is 2.28. The van der Waals surface area contributed by atoms with E-state index in [0.717, 1.165) is 22.6 Å². The summed E-state index contributed by atoms with van der Waals surface area (Å²) in [4.78, 5) is 11.5. The maximum absolute atomic E-state index is 12.4. The summed E-state index contributed by atoms with van der Waals surface area (Å²) < 4.78 is 38.7. The third kappa shape index (κ3) is 4.41. The van der Waals surface area contributed by atoms with E-state index in [1.54, 1.807) is 29.4 Å². The molecule has 0 unspecified atom stereocenters. The van der Waals surface area contributed by atoms with E-state index in [1.165, 1.54) is 0 Å². The van der Waals surface area contributed by atoms with E-state index < -0.39 is 10.0 Å². The van der Waals surface area contributed by atoms with Crippen LogP contribution in [0, 0.1) is 0 Å². The third-order valence-corrected chi connectivity index (χ3v) is 7.51. The molecule has 0 radical (unpaired) electrons. The van der Waals surface area contributed by atoms with Crippen molar-refractivity contribution in [2.75, 3.05) is 51.1 Å². The normalized spacial score (nSPS) is 15.4. The molecule has 2 aromatic heterocycles. The number of rotatable bonds is 8. The second-order valence-corrected chi connectivity index (χ2v) is 9.68. The van der Waals surface area contributed by atoms with Gasteiger partial charge in [0.15, 0.2) is 11.5 Å². The van der Waals surface area contributed by atoms with Gasteiger partial charge in [0.1, 0.15) is 18.2 Å². The number of ether oxygens (including phenoxy) is 2. The number of benzene rings is 1. The summed E-state index contributed by atoms with van der Waals surface area (Å²) >= 11 is 0. The van der Waals surface area contributed by atoms with E-state index in [4.69, 9.17) is 14.5 Å². The zero-order valence-corrected chi connectivity index (χ0v) is 19.4. The number of anilines is 1. The van der Waals surface area contributed by atoms with Crippen LogP contribution in [0.25, 0.3) is 16.7 Å². The zero-order valence-electron chi connectivity index (χ0n) is 18.6. The van der Waals surface area contributed by atoms with Gasteiger partial charge in [0, 0.05) is 33.3 Å². The molecule has 1 aliphatic rings. The molecular weight excluding hydrogens is 432 g/mol. The third-order valence-electron chi connectivity index (χ3n) is 5.44. The molecule has 1 aromatic carbocycles. The predicted octanol–water partition coefficient (Wildman–Crippen LogP) is 1.83. The van der Waals surface area contributed by atoms with Crippen molar-refractivity contribution in [3.8, 4) is 11.4 Å². The summed E-state index contributed by atoms with van der Waals surface area (Å²) in [7, 11) is 0.0208. The molecule has 11 heteroatoms. The molecule has 0 bridgehead atoms. The van der Waals surface area contributed by atoms with Crippen LogP contribution in [0.5, 0.6) is 5.75 Å². The lowest BCUT2D eigenvalue weighted by atomic mass is 10.3. The smallest absolute Gasteiger partial charge is 0.214 e. The first-order valence-corrected chi connectivity index (χ1v) is 12.2. The Labute approximate surface area is 187 Å². The number of hydrogen-bond acceptors (Lipinski definition) is 8. The van der Waals surface area contributed by atoms with Crippen molar-refractivity contribution < 1.29 is 17.9 Å². The number of piperazine rings is 1. The van der Waals surface area contributed by atoms with Crippen molar-refractivity contribution in [1.82, 2.24) is 24.1 Å². The molecule has 10 nitrogen and oxygen atoms in total. The van der Waals surface area contributed by atoms with Crippen LogP contribution in [-0.2, 0) is 21.4 Å². The maximum Gasteiger partial charge on any atom is 0.214 e. The molecule has 0 saturated carbocycles. The predicted molar refractivity (Wildman–Crippen MR) is 122 cm³/mol. The molecule has 1 aliphatic heterocycles. The van der Waals surface area contributed by atoms with Crippen LogP contribution in [0.4, 0.5) is 5.82 Å². The molecule has 0 aliphatic carbocycles. The molecule has 32 heavy (non-hydrogen) atoms. The van der Waals surface area contributed by atoms with E-state index in [9.17, 15) is 8.42 Å². The van der Waals surface area contributed by atoms with Crippen LogP contribution >= 0.6 is 0 Å². The Morgan fingerprint density at radius 2 is 1.75 bits per heavy atom. The van der Waals surface area contributed by atoms with Crippen molar-refractivity contribution in [3.63, 3.8) is 0 Å². The Morgan fingerprint density at radius 1 is 1.03 bits per heavy atom. The minimum absolute atomic E-state index is 0.178. The fourth-order valence-corrected chi connectivity index (χ4v) is 5.34. The van der Waals surface area contributed by atoms with Gasteiger partial charge in [-0.05, 0) is 30.7 Å². The summed E-state index contributed by atoms with van der Waals surface area (Å²) in [5.74, 6) is 2.23. The molecule has 0 spiro atoms. The summed E-state index contributed by atoms with van der Waals surface area (Å²) in [5, 5.41) is 5.37. The molecule has 1 fully saturated rings. The number of fused-ring (bicyclic) bond motifs is 1. The number of sulfonamides is 1. The van der Waals surface area contributed by atoms with Gasteiger partial charge in [-0.25, -0.2) is 23.1 Å². The van der Waals surface area contributed by atoms with Gasteiger partial charge in [-0.2, -0.15) is 9.40 Å². The van der Waals surface area contributed by atoms with Crippen molar-refractivity contribution in [3.05, 3.63) is 36.3 Å². The molecule has 3 heterocycles. The van der Waals surface area contributed by atoms with Gasteiger partial charge in [-0.3, -0.25) is 0 Å². The largest absolute Gasteiger partial charge is 0.497 e. The minimum Gasteiger partial charge on any atom is -0.497 e. The minimum atomic E-state index is -3.21. The molecular formula is C21H28N6O4S. The van der Waals surface area contributed by atoms with Gasteiger partial charge in [0.2, 0.25) is 10.0 Å². The SMILES string of the molecule is CCCS(=O)(=O)N1CCN(c2nc(COC)nc3c2cnn3-c2ccc(OC)cc2)CC1. The summed E-state index contributed by atoms with van der Waals surface area (Å²) in [6.45, 7) is 4.11. The zero-order chi connectivity index (χ0) is 22.7. The molecule has 172 valence electrons. The Kier molecular flexibility index (Phi) is 6.58. The van der Waals surface area contributed by atoms with E-state index in [1.807, 2.05) is 31.2 Å². The van der Waals surface area contributed by atoms with Crippen LogP contribution in [0.2, 0.25) is 0 Å². The van der Waals surface area contributed by atoms with Gasteiger partial charge < -0.3 is 14.4 Å².